The standard InChI is InChI=1S/C17H15NO4/c1-2-21-15-10-6-3-7-12(15)11-18-14-9-5-4-8-13(14)16(19)22-17(18)20/h3-10H,2,11H2,1H3. The average Bonchev–Trinajstić information content (AvgIpc) is 2.53. The lowest BCUT2D eigenvalue weighted by Gasteiger charge is -2.12. The first kappa shape index (κ1) is 14.1. The van der Waals surface area contributed by atoms with E-state index in [0.29, 0.717) is 23.3 Å². The van der Waals surface area contributed by atoms with Gasteiger partial charge in [-0.25, -0.2) is 9.59 Å². The molecule has 0 saturated carbocycles. The van der Waals surface area contributed by atoms with Crippen molar-refractivity contribution in [2.45, 2.75) is 13.5 Å². The molecule has 0 radical (unpaired) electrons. The maximum atomic E-state index is 12.1. The highest BCUT2D eigenvalue weighted by molar-refractivity contribution is 5.77. The van der Waals surface area contributed by atoms with Gasteiger partial charge >= 0.3 is 11.4 Å². The lowest BCUT2D eigenvalue weighted by Crippen LogP contribution is -2.25. The molecule has 0 atom stereocenters. The Labute approximate surface area is 126 Å². The summed E-state index contributed by atoms with van der Waals surface area (Å²) in [5.41, 5.74) is 0.787. The van der Waals surface area contributed by atoms with Gasteiger partial charge in [-0.3, -0.25) is 4.57 Å². The molecule has 0 bridgehead atoms. The van der Waals surface area contributed by atoms with Gasteiger partial charge in [0.05, 0.1) is 24.1 Å². The lowest BCUT2D eigenvalue weighted by molar-refractivity contribution is 0.334. The van der Waals surface area contributed by atoms with E-state index in [1.807, 2.05) is 31.2 Å². The van der Waals surface area contributed by atoms with E-state index in [0.717, 1.165) is 5.56 Å². The SMILES string of the molecule is CCOc1ccccc1Cn1c(=O)oc(=O)c2ccccc21. The fraction of sp³-hybridized carbons (Fsp3) is 0.176. The van der Waals surface area contributed by atoms with Crippen LogP contribution >= 0.6 is 0 Å². The second kappa shape index (κ2) is 5.89. The molecule has 0 amide bonds. The summed E-state index contributed by atoms with van der Waals surface area (Å²) >= 11 is 0. The Morgan fingerprint density at radius 2 is 1.77 bits per heavy atom. The van der Waals surface area contributed by atoms with Crippen molar-refractivity contribution in [1.82, 2.24) is 4.57 Å². The first-order valence-electron chi connectivity index (χ1n) is 7.04. The van der Waals surface area contributed by atoms with Gasteiger partial charge in [0.2, 0.25) is 0 Å². The summed E-state index contributed by atoms with van der Waals surface area (Å²) in [6.45, 7) is 2.72. The molecule has 0 aliphatic heterocycles. The number of aromatic nitrogens is 1. The van der Waals surface area contributed by atoms with Crippen molar-refractivity contribution in [2.75, 3.05) is 6.61 Å². The van der Waals surface area contributed by atoms with Crippen molar-refractivity contribution in [3.05, 3.63) is 75.1 Å². The zero-order valence-corrected chi connectivity index (χ0v) is 12.1. The fourth-order valence-corrected chi connectivity index (χ4v) is 2.42. The minimum atomic E-state index is -0.671. The Kier molecular flexibility index (Phi) is 3.78. The number of benzene rings is 2. The van der Waals surface area contributed by atoms with E-state index < -0.39 is 11.4 Å². The molecule has 0 N–H and O–H groups in total. The summed E-state index contributed by atoms with van der Waals surface area (Å²) in [6, 6.07) is 14.4. The van der Waals surface area contributed by atoms with Gasteiger partial charge in [0.1, 0.15) is 5.75 Å². The minimum absolute atomic E-state index is 0.277. The number of para-hydroxylation sites is 2. The molecular formula is C17H15NO4. The molecule has 0 spiro atoms. The molecule has 0 unspecified atom stereocenters. The van der Waals surface area contributed by atoms with E-state index in [9.17, 15) is 9.59 Å². The minimum Gasteiger partial charge on any atom is -0.494 e. The van der Waals surface area contributed by atoms with Crippen LogP contribution in [0.25, 0.3) is 10.9 Å². The lowest BCUT2D eigenvalue weighted by atomic mass is 10.2. The fourth-order valence-electron chi connectivity index (χ4n) is 2.42. The molecule has 3 aromatic rings. The molecule has 3 rings (SSSR count). The van der Waals surface area contributed by atoms with E-state index in [2.05, 4.69) is 0 Å². The number of hydrogen-bond donors (Lipinski definition) is 0. The molecule has 1 aromatic heterocycles. The van der Waals surface area contributed by atoms with Crippen LogP contribution in [-0.2, 0) is 6.54 Å². The molecule has 5 nitrogen and oxygen atoms in total. The number of rotatable bonds is 4. The molecule has 0 saturated heterocycles. The first-order chi connectivity index (χ1) is 10.7. The quantitative estimate of drug-likeness (QED) is 0.742. The smallest absolute Gasteiger partial charge is 0.422 e. The van der Waals surface area contributed by atoms with Crippen molar-refractivity contribution in [1.29, 1.82) is 0 Å². The van der Waals surface area contributed by atoms with Gasteiger partial charge in [-0.2, -0.15) is 0 Å². The summed E-state index contributed by atoms with van der Waals surface area (Å²) < 4.78 is 11.8. The molecule has 1 heterocycles. The zero-order chi connectivity index (χ0) is 15.5. The van der Waals surface area contributed by atoms with Crippen molar-refractivity contribution in [2.24, 2.45) is 0 Å². The number of nitrogens with zero attached hydrogens (tertiary/aromatic N) is 1. The third kappa shape index (κ3) is 2.53. The van der Waals surface area contributed by atoms with E-state index in [-0.39, 0.29) is 6.54 Å². The van der Waals surface area contributed by atoms with Crippen molar-refractivity contribution in [3.63, 3.8) is 0 Å². The second-order valence-electron chi connectivity index (χ2n) is 4.80. The van der Waals surface area contributed by atoms with Crippen LogP contribution in [-0.4, -0.2) is 11.2 Å². The summed E-state index contributed by atoms with van der Waals surface area (Å²) in [6.07, 6.45) is 0. The molecule has 0 fully saturated rings. The number of ether oxygens (including phenoxy) is 1. The predicted molar refractivity (Wildman–Crippen MR) is 83.5 cm³/mol. The highest BCUT2D eigenvalue weighted by Crippen LogP contribution is 2.20. The van der Waals surface area contributed by atoms with Crippen LogP contribution < -0.4 is 16.1 Å². The largest absolute Gasteiger partial charge is 0.494 e. The summed E-state index contributed by atoms with van der Waals surface area (Å²) in [5, 5.41) is 0.385. The molecule has 112 valence electrons. The number of fused-ring (bicyclic) bond motifs is 1. The Hall–Kier alpha value is -2.82. The second-order valence-corrected chi connectivity index (χ2v) is 4.80. The van der Waals surface area contributed by atoms with Crippen molar-refractivity contribution >= 4 is 10.9 Å². The van der Waals surface area contributed by atoms with E-state index in [1.165, 1.54) is 4.57 Å². The Morgan fingerprint density at radius 1 is 1.05 bits per heavy atom. The summed E-state index contributed by atoms with van der Waals surface area (Å²) in [5.74, 6) is 0.0437. The number of hydrogen-bond acceptors (Lipinski definition) is 4. The molecule has 5 heteroatoms. The molecule has 2 aromatic carbocycles. The van der Waals surface area contributed by atoms with Crippen LogP contribution in [0.3, 0.4) is 0 Å². The normalized spacial score (nSPS) is 10.8. The molecular weight excluding hydrogens is 282 g/mol. The maximum absolute atomic E-state index is 12.1. The monoisotopic (exact) mass is 297 g/mol. The van der Waals surface area contributed by atoms with E-state index in [4.69, 9.17) is 9.15 Å². The van der Waals surface area contributed by atoms with Crippen LogP contribution in [0.2, 0.25) is 0 Å². The highest BCUT2D eigenvalue weighted by Gasteiger charge is 2.11. The van der Waals surface area contributed by atoms with Gasteiger partial charge in [-0.15, -0.1) is 0 Å². The third-order valence-corrected chi connectivity index (χ3v) is 3.42. The average molecular weight is 297 g/mol. The van der Waals surface area contributed by atoms with Gasteiger partial charge in [-0.05, 0) is 25.1 Å². The van der Waals surface area contributed by atoms with Crippen LogP contribution in [0.4, 0.5) is 0 Å². The zero-order valence-electron chi connectivity index (χ0n) is 12.1. The van der Waals surface area contributed by atoms with E-state index >= 15 is 0 Å². The van der Waals surface area contributed by atoms with E-state index in [1.54, 1.807) is 24.3 Å². The molecule has 0 aliphatic carbocycles. The highest BCUT2D eigenvalue weighted by atomic mass is 16.5. The van der Waals surface area contributed by atoms with Crippen molar-refractivity contribution < 1.29 is 9.15 Å². The van der Waals surface area contributed by atoms with Gasteiger partial charge in [0.25, 0.3) is 0 Å². The van der Waals surface area contributed by atoms with Crippen LogP contribution in [0.5, 0.6) is 5.75 Å². The van der Waals surface area contributed by atoms with Gasteiger partial charge in [0, 0.05) is 5.56 Å². The van der Waals surface area contributed by atoms with Gasteiger partial charge < -0.3 is 9.15 Å². The Balaban J connectivity index is 2.16. The summed E-state index contributed by atoms with van der Waals surface area (Å²) in [4.78, 5) is 23.9. The van der Waals surface area contributed by atoms with Crippen LogP contribution in [0.1, 0.15) is 12.5 Å². The molecule has 0 aliphatic rings. The van der Waals surface area contributed by atoms with Crippen LogP contribution in [0.15, 0.2) is 62.5 Å². The maximum Gasteiger partial charge on any atom is 0.422 e. The Morgan fingerprint density at radius 3 is 2.59 bits per heavy atom. The Bertz CT molecular complexity index is 924. The third-order valence-electron chi connectivity index (χ3n) is 3.42. The first-order valence-corrected chi connectivity index (χ1v) is 7.04. The van der Waals surface area contributed by atoms with Crippen LogP contribution in [0, 0.1) is 0 Å². The van der Waals surface area contributed by atoms with Gasteiger partial charge in [-0.1, -0.05) is 30.3 Å². The summed E-state index contributed by atoms with van der Waals surface area (Å²) in [7, 11) is 0. The topological polar surface area (TPSA) is 61.4 Å². The van der Waals surface area contributed by atoms with Gasteiger partial charge in [0.15, 0.2) is 0 Å². The molecule has 22 heavy (non-hydrogen) atoms. The predicted octanol–water partition coefficient (Wildman–Crippen LogP) is 2.40. The van der Waals surface area contributed by atoms with Crippen molar-refractivity contribution in [3.8, 4) is 5.75 Å².